The zero-order chi connectivity index (χ0) is 21.7. The smallest absolute Gasteiger partial charge is 0.262 e. The van der Waals surface area contributed by atoms with Gasteiger partial charge in [0.15, 0.2) is 5.84 Å². The Kier molecular flexibility index (Phi) is 6.01. The Morgan fingerprint density at radius 1 is 1.12 bits per heavy atom. The first kappa shape index (κ1) is 22.4. The van der Waals surface area contributed by atoms with Crippen LogP contribution in [0.25, 0.3) is 11.1 Å². The molecule has 2 aromatic carbocycles. The van der Waals surface area contributed by atoms with Gasteiger partial charge in [-0.3, -0.25) is 4.79 Å². The lowest BCUT2D eigenvalue weighted by atomic mass is 9.97. The predicted octanol–water partition coefficient (Wildman–Crippen LogP) is 3.13. The number of anilines is 2. The summed E-state index contributed by atoms with van der Waals surface area (Å²) in [6.45, 7) is 8.02. The summed E-state index contributed by atoms with van der Waals surface area (Å²) in [6, 6.07) is 10.8. The van der Waals surface area contributed by atoms with E-state index in [0.29, 0.717) is 23.2 Å². The van der Waals surface area contributed by atoms with Crippen LogP contribution < -0.4 is 25.3 Å². The van der Waals surface area contributed by atoms with E-state index in [2.05, 4.69) is 34.6 Å². The van der Waals surface area contributed by atoms with Crippen molar-refractivity contribution in [3.63, 3.8) is 0 Å². The number of carbonyl (C=O) groups excluding carboxylic acids is 1. The molecule has 0 unspecified atom stereocenters. The van der Waals surface area contributed by atoms with Crippen LogP contribution in [0.1, 0.15) is 20.8 Å². The highest BCUT2D eigenvalue weighted by Crippen LogP contribution is 2.45. The molecule has 1 fully saturated rings. The molecule has 2 N–H and O–H groups in total. The molecule has 3 atom stereocenters. The molecule has 7 nitrogen and oxygen atoms in total. The van der Waals surface area contributed by atoms with Gasteiger partial charge in [-0.2, -0.15) is 5.10 Å². The Morgan fingerprint density at radius 2 is 1.91 bits per heavy atom. The van der Waals surface area contributed by atoms with Crippen LogP contribution in [0.3, 0.4) is 0 Å². The Balaban J connectivity index is 0.00000245. The number of nitrogens with zero attached hydrogens (tertiary/aromatic N) is 3. The summed E-state index contributed by atoms with van der Waals surface area (Å²) < 4.78 is 20.8. The van der Waals surface area contributed by atoms with Crippen molar-refractivity contribution in [2.75, 3.05) is 29.5 Å². The normalized spacial score (nSPS) is 24.4. The molecule has 0 spiro atoms. The van der Waals surface area contributed by atoms with E-state index in [1.807, 2.05) is 30.0 Å². The first-order valence-electron chi connectivity index (χ1n) is 10.7. The van der Waals surface area contributed by atoms with Crippen molar-refractivity contribution >= 4 is 35.5 Å². The van der Waals surface area contributed by atoms with Gasteiger partial charge in [-0.1, -0.05) is 18.2 Å². The number of carbonyl (C=O) groups is 1. The van der Waals surface area contributed by atoms with Gasteiger partial charge in [-0.05, 0) is 39.0 Å². The highest BCUT2D eigenvalue weighted by atomic mass is 35.5. The number of piperazine rings is 1. The number of hydrazone groups is 1. The summed E-state index contributed by atoms with van der Waals surface area (Å²) >= 11 is 0. The van der Waals surface area contributed by atoms with Crippen LogP contribution in [0.5, 0.6) is 5.75 Å². The van der Waals surface area contributed by atoms with E-state index < -0.39 is 6.04 Å². The number of halogens is 2. The van der Waals surface area contributed by atoms with Gasteiger partial charge >= 0.3 is 0 Å². The van der Waals surface area contributed by atoms with Gasteiger partial charge in [0, 0.05) is 42.0 Å². The molecule has 170 valence electrons. The molecule has 1 amide bonds. The fourth-order valence-electron chi connectivity index (χ4n) is 4.55. The van der Waals surface area contributed by atoms with E-state index in [4.69, 9.17) is 4.74 Å². The standard InChI is InChI=1S/C23H26FN5O2.ClH/c1-13-11-28(14(2)10-25-13)19-9-20-21(8-17(19)16-6-4-5-7-18(16)24)31-12-22-26-27-23(30)15(3)29(20)22;/h4-9,13-15,25H,10-12H2,1-3H3,(H,27,30);1H/t13-,14+,15+;/m0./s1. The number of nitrogens with one attached hydrogen (secondary N) is 2. The molecule has 1 saturated heterocycles. The van der Waals surface area contributed by atoms with Crippen LogP contribution in [0, 0.1) is 5.82 Å². The first-order valence-corrected chi connectivity index (χ1v) is 10.7. The SMILES string of the molecule is C[C@@H]1CN[C@@H](C)CN1c1cc2c(cc1-c1ccccc1F)OCC1=NNC(=O)[C@@H](C)N12.Cl. The van der Waals surface area contributed by atoms with Gasteiger partial charge in [0.2, 0.25) is 0 Å². The molecule has 0 radical (unpaired) electrons. The number of amidine groups is 1. The third kappa shape index (κ3) is 3.67. The number of benzene rings is 2. The zero-order valence-electron chi connectivity index (χ0n) is 18.3. The monoisotopic (exact) mass is 459 g/mol. The fourth-order valence-corrected chi connectivity index (χ4v) is 4.55. The van der Waals surface area contributed by atoms with Gasteiger partial charge in [0.25, 0.3) is 5.91 Å². The molecule has 5 rings (SSSR count). The molecule has 9 heteroatoms. The molecular formula is C23H27ClFN5O2. The molecule has 3 aliphatic rings. The minimum absolute atomic E-state index is 0. The highest BCUT2D eigenvalue weighted by Gasteiger charge is 2.37. The molecule has 0 aliphatic carbocycles. The van der Waals surface area contributed by atoms with Crippen molar-refractivity contribution < 1.29 is 13.9 Å². The summed E-state index contributed by atoms with van der Waals surface area (Å²) in [6.07, 6.45) is 0. The lowest BCUT2D eigenvalue weighted by molar-refractivity contribution is -0.122. The van der Waals surface area contributed by atoms with Crippen LogP contribution >= 0.6 is 12.4 Å². The number of fused-ring (bicyclic) bond motifs is 3. The number of hydrogen-bond donors (Lipinski definition) is 2. The molecule has 0 aromatic heterocycles. The second-order valence-corrected chi connectivity index (χ2v) is 8.47. The lowest BCUT2D eigenvalue weighted by Crippen LogP contribution is -2.56. The van der Waals surface area contributed by atoms with Crippen LogP contribution in [-0.4, -0.2) is 49.6 Å². The molecule has 3 aliphatic heterocycles. The van der Waals surface area contributed by atoms with Crippen molar-refractivity contribution in [1.82, 2.24) is 10.7 Å². The largest absolute Gasteiger partial charge is 0.483 e. The predicted molar refractivity (Wildman–Crippen MR) is 126 cm³/mol. The van der Waals surface area contributed by atoms with E-state index >= 15 is 0 Å². The summed E-state index contributed by atoms with van der Waals surface area (Å²) in [5.41, 5.74) is 5.58. The lowest BCUT2D eigenvalue weighted by Gasteiger charge is -2.42. The summed E-state index contributed by atoms with van der Waals surface area (Å²) in [4.78, 5) is 16.5. The number of amides is 1. The zero-order valence-corrected chi connectivity index (χ0v) is 19.1. The van der Waals surface area contributed by atoms with Crippen molar-refractivity contribution in [3.05, 3.63) is 42.2 Å². The molecule has 2 aromatic rings. The molecule has 3 heterocycles. The second kappa shape index (κ2) is 8.60. The van der Waals surface area contributed by atoms with E-state index in [1.165, 1.54) is 6.07 Å². The van der Waals surface area contributed by atoms with E-state index in [1.54, 1.807) is 12.1 Å². The first-order chi connectivity index (χ1) is 14.9. The third-order valence-corrected chi connectivity index (χ3v) is 6.27. The molecule has 0 bridgehead atoms. The molecule has 0 saturated carbocycles. The van der Waals surface area contributed by atoms with Crippen LogP contribution in [0.15, 0.2) is 41.5 Å². The Bertz CT molecular complexity index is 1080. The van der Waals surface area contributed by atoms with E-state index in [9.17, 15) is 9.18 Å². The van der Waals surface area contributed by atoms with Crippen LogP contribution in [0.2, 0.25) is 0 Å². The average molecular weight is 460 g/mol. The van der Waals surface area contributed by atoms with Gasteiger partial charge in [-0.15, -0.1) is 12.4 Å². The van der Waals surface area contributed by atoms with Gasteiger partial charge < -0.3 is 19.9 Å². The second-order valence-electron chi connectivity index (χ2n) is 8.47. The van der Waals surface area contributed by atoms with Crippen LogP contribution in [0.4, 0.5) is 15.8 Å². The molecule has 32 heavy (non-hydrogen) atoms. The van der Waals surface area contributed by atoms with Gasteiger partial charge in [0.05, 0.1) is 5.69 Å². The van der Waals surface area contributed by atoms with Gasteiger partial charge in [0.1, 0.15) is 24.2 Å². The van der Waals surface area contributed by atoms with Crippen molar-refractivity contribution in [2.45, 2.75) is 38.9 Å². The number of ether oxygens (including phenoxy) is 1. The Morgan fingerprint density at radius 3 is 2.69 bits per heavy atom. The van der Waals surface area contributed by atoms with Crippen molar-refractivity contribution in [3.8, 4) is 16.9 Å². The number of rotatable bonds is 2. The fraction of sp³-hybridized carbons (Fsp3) is 0.391. The third-order valence-electron chi connectivity index (χ3n) is 6.27. The van der Waals surface area contributed by atoms with Crippen LogP contribution in [-0.2, 0) is 4.79 Å². The van der Waals surface area contributed by atoms with Gasteiger partial charge in [-0.25, -0.2) is 9.82 Å². The number of hydrogen-bond acceptors (Lipinski definition) is 6. The molecular weight excluding hydrogens is 433 g/mol. The quantitative estimate of drug-likeness (QED) is 0.722. The van der Waals surface area contributed by atoms with E-state index in [-0.39, 0.29) is 36.8 Å². The topological polar surface area (TPSA) is 69.2 Å². The van der Waals surface area contributed by atoms with Crippen molar-refractivity contribution in [2.24, 2.45) is 5.10 Å². The maximum absolute atomic E-state index is 14.9. The maximum Gasteiger partial charge on any atom is 0.262 e. The van der Waals surface area contributed by atoms with Crippen molar-refractivity contribution in [1.29, 1.82) is 0 Å². The van der Waals surface area contributed by atoms with E-state index in [0.717, 1.165) is 30.0 Å². The average Bonchev–Trinajstić information content (AvgIpc) is 2.77. The summed E-state index contributed by atoms with van der Waals surface area (Å²) in [5, 5.41) is 7.68. The summed E-state index contributed by atoms with van der Waals surface area (Å²) in [7, 11) is 0. The Hall–Kier alpha value is -2.84. The highest BCUT2D eigenvalue weighted by molar-refractivity contribution is 6.10. The summed E-state index contributed by atoms with van der Waals surface area (Å²) in [5.74, 6) is 0.841. The Labute approximate surface area is 193 Å². The maximum atomic E-state index is 14.9. The minimum atomic E-state index is -0.415. The minimum Gasteiger partial charge on any atom is -0.483 e.